The molecule has 1 unspecified atom stereocenters. The van der Waals surface area contributed by atoms with Crippen LogP contribution < -0.4 is 0 Å². The van der Waals surface area contributed by atoms with Crippen LogP contribution in [0.2, 0.25) is 0 Å². The number of carbonyl (C=O) groups is 6. The number of ether oxygens (including phenoxy) is 6. The highest BCUT2D eigenvalue weighted by Gasteiger charge is 2.55. The van der Waals surface area contributed by atoms with Gasteiger partial charge < -0.3 is 48.6 Å². The molecule has 0 radical (unpaired) electrons. The van der Waals surface area contributed by atoms with Gasteiger partial charge in [0, 0.05) is 58.0 Å². The van der Waals surface area contributed by atoms with E-state index in [4.69, 9.17) is 28.4 Å². The lowest BCUT2D eigenvalue weighted by Gasteiger charge is -2.38. The summed E-state index contributed by atoms with van der Waals surface area (Å²) in [5.41, 5.74) is 1.18. The average molecular weight is 1000 g/mol. The Morgan fingerprint density at radius 2 is 1.58 bits per heavy atom. The molecule has 3 N–H and O–H groups in total. The average Bonchev–Trinajstić information content (AvgIpc) is 3.45. The van der Waals surface area contributed by atoms with Crippen molar-refractivity contribution < 1.29 is 72.5 Å². The molecule has 0 aromatic rings. The zero-order chi connectivity index (χ0) is 52.6. The summed E-state index contributed by atoms with van der Waals surface area (Å²) in [6.45, 7) is 14.7. The standard InChI is InChI=1S/C55H85NO15/c1-11-68-45-31-41-22-20-35(4)51(61)55(65,71-41)52(62)53(63)56-24-16-15-19-42(56)54(64)70-46(37(6)29-40-21-23-44(69-26-25-57)47(30-40)66-9)32-43(58)36(5)28-39(8)49(60)50(67-10)48(59)38(7)27-33(2)17-13-12-14-18-34(45)3/h12-14,17-18,28,33,35-38,40-42,44-47,49-50,57,60,65H,11,15-16,19-27,29-32H2,1-10H3/t33-,35-,36-,37-,38-,40+,41+,42?,44-,45+,46+,47-,49-,50+,55-/m1/s1. The van der Waals surface area contributed by atoms with Crippen LogP contribution in [0.25, 0.3) is 0 Å². The molecule has 16 nitrogen and oxygen atoms in total. The third kappa shape index (κ3) is 16.4. The van der Waals surface area contributed by atoms with Crippen LogP contribution in [0.3, 0.4) is 0 Å². The molecular formula is C55H85NO15. The van der Waals surface area contributed by atoms with E-state index < -0.39 is 83.5 Å². The SMILES string of the molecule is CCO[C@H]1C[C@@H]2CC[C@@H](C)C(=O)[C@@](O)(O2)C(=O)C(=O)N2CCCCC2C(=O)O[C@H]([C@H](C)C[C@@H]2CC[C@@H](OCCO)[C@H](OC)C2)CC(=O)[C@H](C)C=C(C)[C@@H](O)[C@@H](OC)C(=O)[C@H](C)C[C@H](C)C=CC=CC=C1C. The van der Waals surface area contributed by atoms with E-state index in [1.165, 1.54) is 7.11 Å². The third-order valence-electron chi connectivity index (χ3n) is 15.0. The highest BCUT2D eigenvalue weighted by atomic mass is 16.6. The number of fused-ring (bicyclic) bond motifs is 3. The maximum Gasteiger partial charge on any atom is 0.329 e. The van der Waals surface area contributed by atoms with Crippen molar-refractivity contribution in [2.45, 2.75) is 187 Å². The number of methoxy groups -OCH3 is 2. The van der Waals surface area contributed by atoms with Gasteiger partial charge in [-0.3, -0.25) is 24.0 Å². The lowest BCUT2D eigenvalue weighted by molar-refractivity contribution is -0.222. The quantitative estimate of drug-likeness (QED) is 0.0966. The van der Waals surface area contributed by atoms with Crippen molar-refractivity contribution in [2.75, 3.05) is 40.6 Å². The summed E-state index contributed by atoms with van der Waals surface area (Å²) in [6.07, 6.45) is 10.4. The Balaban J connectivity index is 1.74. The first-order valence-electron chi connectivity index (χ1n) is 26.0. The lowest BCUT2D eigenvalue weighted by atomic mass is 9.78. The number of nitrogens with zero attached hydrogens (tertiary/aromatic N) is 1. The number of hydrogen-bond donors (Lipinski definition) is 3. The van der Waals surface area contributed by atoms with Crippen LogP contribution in [-0.4, -0.2) is 150 Å². The molecule has 71 heavy (non-hydrogen) atoms. The molecule has 4 rings (SSSR count). The number of esters is 1. The number of Topliss-reactive ketones (excluding diaryl/α,β-unsaturated/α-hetero) is 4. The Morgan fingerprint density at radius 3 is 2.25 bits per heavy atom. The molecule has 0 aromatic carbocycles. The second-order valence-corrected chi connectivity index (χ2v) is 20.7. The number of aliphatic hydroxyl groups is 3. The predicted octanol–water partition coefficient (Wildman–Crippen LogP) is 6.16. The van der Waals surface area contributed by atoms with Crippen LogP contribution in [0.5, 0.6) is 0 Å². The monoisotopic (exact) mass is 1000 g/mol. The van der Waals surface area contributed by atoms with Crippen LogP contribution in [0.4, 0.5) is 0 Å². The Labute approximate surface area is 421 Å². The maximum atomic E-state index is 14.5. The second-order valence-electron chi connectivity index (χ2n) is 20.7. The molecule has 0 aromatic heterocycles. The molecule has 1 aliphatic carbocycles. The first-order chi connectivity index (χ1) is 33.7. The number of ketones is 4. The Hall–Kier alpha value is -3.74. The Bertz CT molecular complexity index is 1930. The Morgan fingerprint density at radius 1 is 0.845 bits per heavy atom. The van der Waals surface area contributed by atoms with Gasteiger partial charge in [-0.2, -0.15) is 0 Å². The van der Waals surface area contributed by atoms with E-state index in [1.807, 2.05) is 58.1 Å². The molecule has 1 amide bonds. The van der Waals surface area contributed by atoms with Gasteiger partial charge in [0.2, 0.25) is 5.78 Å². The minimum absolute atomic E-state index is 0.0156. The van der Waals surface area contributed by atoms with Crippen LogP contribution >= 0.6 is 0 Å². The molecule has 1 saturated carbocycles. The smallest absolute Gasteiger partial charge is 0.329 e. The van der Waals surface area contributed by atoms with Crippen LogP contribution in [0.15, 0.2) is 47.6 Å². The van der Waals surface area contributed by atoms with E-state index in [1.54, 1.807) is 40.9 Å². The normalized spacial score (nSPS) is 35.8. The van der Waals surface area contributed by atoms with Crippen LogP contribution in [0, 0.1) is 35.5 Å². The van der Waals surface area contributed by atoms with Crippen molar-refractivity contribution in [3.05, 3.63) is 47.6 Å². The van der Waals surface area contributed by atoms with Gasteiger partial charge in [0.05, 0.1) is 37.6 Å². The molecule has 2 saturated heterocycles. The number of hydrogen-bond acceptors (Lipinski definition) is 15. The molecule has 3 fully saturated rings. The van der Waals surface area contributed by atoms with E-state index in [0.29, 0.717) is 57.1 Å². The first kappa shape index (κ1) is 59.8. The number of carbonyl (C=O) groups excluding carboxylic acids is 6. The van der Waals surface area contributed by atoms with Crippen molar-refractivity contribution >= 4 is 35.0 Å². The Kier molecular flexibility index (Phi) is 24.1. The topological polar surface area (TPSA) is 222 Å². The van der Waals surface area contributed by atoms with Gasteiger partial charge in [-0.15, -0.1) is 0 Å². The van der Waals surface area contributed by atoms with Gasteiger partial charge in [0.15, 0.2) is 5.78 Å². The van der Waals surface area contributed by atoms with Crippen LogP contribution in [0.1, 0.15) is 132 Å². The highest BCUT2D eigenvalue weighted by Crippen LogP contribution is 2.36. The molecule has 0 spiro atoms. The fraction of sp³-hybridized carbons (Fsp3) is 0.745. The van der Waals surface area contributed by atoms with Gasteiger partial charge in [-0.05, 0) is 114 Å². The zero-order valence-electron chi connectivity index (χ0n) is 44.0. The number of aliphatic hydroxyl groups excluding tert-OH is 2. The molecule has 4 aliphatic rings. The fourth-order valence-corrected chi connectivity index (χ4v) is 10.7. The summed E-state index contributed by atoms with van der Waals surface area (Å²) in [7, 11) is 2.98. The lowest BCUT2D eigenvalue weighted by Crippen LogP contribution is -2.60. The van der Waals surface area contributed by atoms with Gasteiger partial charge >= 0.3 is 5.97 Å². The minimum Gasteiger partial charge on any atom is -0.460 e. The number of rotatable bonds is 10. The molecule has 3 heterocycles. The minimum atomic E-state index is -3.12. The molecule has 3 aliphatic heterocycles. The van der Waals surface area contributed by atoms with E-state index in [2.05, 4.69) is 0 Å². The second kappa shape index (κ2) is 28.6. The van der Waals surface area contributed by atoms with Crippen molar-refractivity contribution in [1.29, 1.82) is 0 Å². The summed E-state index contributed by atoms with van der Waals surface area (Å²) < 4.78 is 35.7. The van der Waals surface area contributed by atoms with E-state index in [9.17, 15) is 44.1 Å². The van der Waals surface area contributed by atoms with Gasteiger partial charge in [-0.1, -0.05) is 71.1 Å². The summed E-state index contributed by atoms with van der Waals surface area (Å²) >= 11 is 0. The maximum absolute atomic E-state index is 14.5. The third-order valence-corrected chi connectivity index (χ3v) is 15.0. The van der Waals surface area contributed by atoms with Gasteiger partial charge in [0.1, 0.15) is 30.1 Å². The largest absolute Gasteiger partial charge is 0.460 e. The molecule has 400 valence electrons. The highest BCUT2D eigenvalue weighted by molar-refractivity contribution is 6.43. The summed E-state index contributed by atoms with van der Waals surface area (Å²) in [4.78, 5) is 86.3. The van der Waals surface area contributed by atoms with Crippen molar-refractivity contribution in [3.63, 3.8) is 0 Å². The van der Waals surface area contributed by atoms with Crippen molar-refractivity contribution in [1.82, 2.24) is 4.90 Å². The van der Waals surface area contributed by atoms with Crippen molar-refractivity contribution in [3.8, 4) is 0 Å². The molecule has 16 heteroatoms. The zero-order valence-corrected chi connectivity index (χ0v) is 44.0. The number of piperidine rings is 1. The summed E-state index contributed by atoms with van der Waals surface area (Å²) in [5.74, 6) is -10.6. The predicted molar refractivity (Wildman–Crippen MR) is 266 cm³/mol. The van der Waals surface area contributed by atoms with Crippen molar-refractivity contribution in [2.24, 2.45) is 35.5 Å². The summed E-state index contributed by atoms with van der Waals surface area (Å²) in [5, 5.41) is 32.9. The van der Waals surface area contributed by atoms with Gasteiger partial charge in [0.25, 0.3) is 17.5 Å². The molecule has 2 bridgehead atoms. The number of allylic oxidation sites excluding steroid dienone is 6. The first-order valence-corrected chi connectivity index (χ1v) is 26.0. The number of amides is 1. The van der Waals surface area contributed by atoms with E-state index in [0.717, 1.165) is 16.9 Å². The number of cyclic esters (lactones) is 1. The fourth-order valence-electron chi connectivity index (χ4n) is 10.7. The van der Waals surface area contributed by atoms with E-state index >= 15 is 0 Å². The van der Waals surface area contributed by atoms with Crippen LogP contribution in [-0.2, 0) is 57.2 Å². The molecule has 15 atom stereocenters. The van der Waals surface area contributed by atoms with E-state index in [-0.39, 0.29) is 87.0 Å². The summed E-state index contributed by atoms with van der Waals surface area (Å²) in [6, 6.07) is -1.27. The molecular weight excluding hydrogens is 915 g/mol. The van der Waals surface area contributed by atoms with Gasteiger partial charge in [-0.25, -0.2) is 4.79 Å².